The number of hydrogen-bond donors (Lipinski definition) is 1. The van der Waals surface area contributed by atoms with E-state index >= 15 is 0 Å². The number of amides is 1. The lowest BCUT2D eigenvalue weighted by atomic mass is 10.2. The molecule has 0 aliphatic heterocycles. The zero-order chi connectivity index (χ0) is 13.3. The van der Waals surface area contributed by atoms with Gasteiger partial charge < -0.3 is 4.98 Å². The van der Waals surface area contributed by atoms with Crippen molar-refractivity contribution in [3.63, 3.8) is 0 Å². The zero-order valence-corrected chi connectivity index (χ0v) is 10.4. The second-order valence-corrected chi connectivity index (χ2v) is 3.86. The van der Waals surface area contributed by atoms with Gasteiger partial charge in [0.1, 0.15) is 17.0 Å². The van der Waals surface area contributed by atoms with E-state index in [9.17, 15) is 9.59 Å². The second-order valence-electron chi connectivity index (χ2n) is 3.86. The van der Waals surface area contributed by atoms with E-state index in [0.717, 1.165) is 10.4 Å². The van der Waals surface area contributed by atoms with E-state index in [1.54, 1.807) is 18.2 Å². The van der Waals surface area contributed by atoms with E-state index in [0.29, 0.717) is 17.0 Å². The number of pyridine rings is 1. The molecule has 2 aromatic rings. The highest BCUT2D eigenvalue weighted by atomic mass is 16.7. The van der Waals surface area contributed by atoms with Crippen LogP contribution in [0.5, 0.6) is 0 Å². The maximum Gasteiger partial charge on any atom is 0.293 e. The lowest BCUT2D eigenvalue weighted by molar-refractivity contribution is -0.0759. The summed E-state index contributed by atoms with van der Waals surface area (Å²) in [5.74, 6) is -0.423. The van der Waals surface area contributed by atoms with Gasteiger partial charge in [-0.2, -0.15) is 0 Å². The average Bonchev–Trinajstić information content (AvgIpc) is 2.79. The van der Waals surface area contributed by atoms with Crippen LogP contribution in [0.25, 0.3) is 11.0 Å². The summed E-state index contributed by atoms with van der Waals surface area (Å²) in [5.41, 5.74) is 1.24. The Morgan fingerprint density at radius 2 is 2.11 bits per heavy atom. The van der Waals surface area contributed by atoms with Crippen molar-refractivity contribution in [3.8, 4) is 0 Å². The first kappa shape index (κ1) is 12.3. The third-order valence-corrected chi connectivity index (χ3v) is 2.63. The Labute approximate surface area is 104 Å². The fourth-order valence-electron chi connectivity index (χ4n) is 1.57. The van der Waals surface area contributed by atoms with Crippen LogP contribution in [0.3, 0.4) is 0 Å². The molecule has 0 saturated heterocycles. The normalized spacial score (nSPS) is 10.6. The molecule has 2 rings (SSSR count). The fraction of sp³-hybridized carbons (Fsp3) is 0.250. The molecule has 0 bridgehead atoms. The van der Waals surface area contributed by atoms with Crippen molar-refractivity contribution in [1.29, 1.82) is 0 Å². The van der Waals surface area contributed by atoms with Gasteiger partial charge in [-0.1, -0.05) is 0 Å². The minimum Gasteiger partial charge on any atom is -0.335 e. The zero-order valence-electron chi connectivity index (χ0n) is 10.4. The summed E-state index contributed by atoms with van der Waals surface area (Å²) < 4.78 is 0. The highest BCUT2D eigenvalue weighted by molar-refractivity contribution is 5.98. The summed E-state index contributed by atoms with van der Waals surface area (Å²) in [6.07, 6.45) is 0. The van der Waals surface area contributed by atoms with Crippen LogP contribution in [-0.4, -0.2) is 40.9 Å². The number of hydroxylamine groups is 2. The van der Waals surface area contributed by atoms with Crippen LogP contribution in [0.2, 0.25) is 0 Å². The third-order valence-electron chi connectivity index (χ3n) is 2.63. The van der Waals surface area contributed by atoms with Gasteiger partial charge in [-0.25, -0.2) is 10.0 Å². The van der Waals surface area contributed by atoms with Crippen molar-refractivity contribution >= 4 is 22.7 Å². The van der Waals surface area contributed by atoms with Crippen molar-refractivity contribution in [1.82, 2.24) is 15.0 Å². The van der Waals surface area contributed by atoms with Gasteiger partial charge in [0, 0.05) is 19.4 Å². The Kier molecular flexibility index (Phi) is 3.12. The molecule has 94 valence electrons. The van der Waals surface area contributed by atoms with Crippen molar-refractivity contribution in [2.75, 3.05) is 14.2 Å². The number of aromatic nitrogens is 2. The van der Waals surface area contributed by atoms with Crippen LogP contribution in [0.4, 0.5) is 0 Å². The molecule has 0 radical (unpaired) electrons. The van der Waals surface area contributed by atoms with Gasteiger partial charge in [0.25, 0.3) is 5.91 Å². The fourth-order valence-corrected chi connectivity index (χ4v) is 1.57. The van der Waals surface area contributed by atoms with Gasteiger partial charge in [-0.15, -0.1) is 0 Å². The number of carbonyl (C=O) groups is 2. The van der Waals surface area contributed by atoms with Crippen molar-refractivity contribution in [2.24, 2.45) is 0 Å². The van der Waals surface area contributed by atoms with Crippen LogP contribution in [0.1, 0.15) is 27.9 Å². The SMILES string of the molecule is CON(C)C(=O)c1cc2ccc(C(C)=O)nc2[nH]1. The molecule has 6 heteroatoms. The quantitative estimate of drug-likeness (QED) is 0.657. The summed E-state index contributed by atoms with van der Waals surface area (Å²) in [7, 11) is 2.93. The summed E-state index contributed by atoms with van der Waals surface area (Å²) in [4.78, 5) is 34.9. The first-order chi connectivity index (χ1) is 8.52. The molecule has 18 heavy (non-hydrogen) atoms. The summed E-state index contributed by atoms with van der Waals surface area (Å²) >= 11 is 0. The Morgan fingerprint density at radius 3 is 2.72 bits per heavy atom. The van der Waals surface area contributed by atoms with Crippen LogP contribution in [0.15, 0.2) is 18.2 Å². The monoisotopic (exact) mass is 247 g/mol. The van der Waals surface area contributed by atoms with Gasteiger partial charge in [-0.05, 0) is 18.2 Å². The van der Waals surface area contributed by atoms with Crippen molar-refractivity contribution < 1.29 is 14.4 Å². The lowest BCUT2D eigenvalue weighted by Gasteiger charge is -2.11. The number of hydrogen-bond acceptors (Lipinski definition) is 4. The maximum atomic E-state index is 11.8. The van der Waals surface area contributed by atoms with Gasteiger partial charge in [0.15, 0.2) is 5.78 Å². The van der Waals surface area contributed by atoms with Gasteiger partial charge in [-0.3, -0.25) is 14.4 Å². The lowest BCUT2D eigenvalue weighted by Crippen LogP contribution is -2.25. The molecule has 0 spiro atoms. The first-order valence-corrected chi connectivity index (χ1v) is 5.36. The summed E-state index contributed by atoms with van der Waals surface area (Å²) in [6, 6.07) is 5.05. The molecular formula is C12H13N3O3. The Morgan fingerprint density at radius 1 is 1.39 bits per heavy atom. The van der Waals surface area contributed by atoms with Crippen LogP contribution >= 0.6 is 0 Å². The number of fused-ring (bicyclic) bond motifs is 1. The molecule has 0 aliphatic carbocycles. The molecule has 2 aromatic heterocycles. The highest BCUT2D eigenvalue weighted by Crippen LogP contribution is 2.15. The minimum absolute atomic E-state index is 0.117. The molecule has 0 aromatic carbocycles. The number of H-pyrrole nitrogens is 1. The van der Waals surface area contributed by atoms with Crippen LogP contribution < -0.4 is 0 Å². The maximum absolute atomic E-state index is 11.8. The Bertz CT molecular complexity index is 618. The molecule has 6 nitrogen and oxygen atoms in total. The average molecular weight is 247 g/mol. The Hall–Kier alpha value is -2.21. The molecule has 0 aliphatic rings. The van der Waals surface area contributed by atoms with E-state index < -0.39 is 0 Å². The molecular weight excluding hydrogens is 234 g/mol. The molecule has 2 heterocycles. The minimum atomic E-state index is -0.306. The molecule has 1 amide bonds. The Balaban J connectivity index is 2.44. The number of nitrogens with zero attached hydrogens (tertiary/aromatic N) is 2. The summed E-state index contributed by atoms with van der Waals surface area (Å²) in [5, 5.41) is 1.88. The number of carbonyl (C=O) groups excluding carboxylic acids is 2. The smallest absolute Gasteiger partial charge is 0.293 e. The van der Waals surface area contributed by atoms with Gasteiger partial charge in [0.2, 0.25) is 0 Å². The van der Waals surface area contributed by atoms with E-state index in [1.165, 1.54) is 21.1 Å². The number of nitrogens with one attached hydrogen (secondary N) is 1. The van der Waals surface area contributed by atoms with E-state index in [2.05, 4.69) is 9.97 Å². The van der Waals surface area contributed by atoms with Gasteiger partial charge in [0.05, 0.1) is 7.11 Å². The number of rotatable bonds is 3. The van der Waals surface area contributed by atoms with Crippen molar-refractivity contribution in [2.45, 2.75) is 6.92 Å². The largest absolute Gasteiger partial charge is 0.335 e. The van der Waals surface area contributed by atoms with Gasteiger partial charge >= 0.3 is 0 Å². The van der Waals surface area contributed by atoms with E-state index in [1.807, 2.05) is 0 Å². The molecule has 1 N–H and O–H groups in total. The number of Topliss-reactive ketones (excluding diaryl/α,β-unsaturated/α-hetero) is 1. The standard InChI is InChI=1S/C12H13N3O3/c1-7(16)9-5-4-8-6-10(14-11(8)13-9)12(17)15(2)18-3/h4-6H,1-3H3,(H,13,14). The van der Waals surface area contributed by atoms with E-state index in [-0.39, 0.29) is 11.7 Å². The van der Waals surface area contributed by atoms with Crippen molar-refractivity contribution in [3.05, 3.63) is 29.6 Å². The number of aromatic amines is 1. The second kappa shape index (κ2) is 4.58. The topological polar surface area (TPSA) is 75.3 Å². The van der Waals surface area contributed by atoms with E-state index in [4.69, 9.17) is 4.84 Å². The summed E-state index contributed by atoms with van der Waals surface area (Å²) in [6.45, 7) is 1.45. The van der Waals surface area contributed by atoms with Crippen LogP contribution in [-0.2, 0) is 4.84 Å². The highest BCUT2D eigenvalue weighted by Gasteiger charge is 2.15. The molecule has 0 atom stereocenters. The molecule has 0 fully saturated rings. The third kappa shape index (κ3) is 2.10. The van der Waals surface area contributed by atoms with Crippen LogP contribution in [0, 0.1) is 0 Å². The molecule has 0 unspecified atom stereocenters. The molecule has 0 saturated carbocycles. The predicted molar refractivity (Wildman–Crippen MR) is 65.2 cm³/mol. The number of ketones is 1. The predicted octanol–water partition coefficient (Wildman–Crippen LogP) is 1.40. The first-order valence-electron chi connectivity index (χ1n) is 5.36.